The highest BCUT2D eigenvalue weighted by Crippen LogP contribution is 2.55. The Labute approximate surface area is 114 Å². The Bertz CT molecular complexity index is 475. The summed E-state index contributed by atoms with van der Waals surface area (Å²) in [7, 11) is 3.27. The maximum absolute atomic E-state index is 12.0. The van der Waals surface area contributed by atoms with Crippen molar-refractivity contribution in [1.29, 1.82) is 0 Å². The second-order valence-corrected chi connectivity index (χ2v) is 5.16. The predicted molar refractivity (Wildman–Crippen MR) is 74.9 cm³/mol. The van der Waals surface area contributed by atoms with Crippen LogP contribution in [0.4, 0.5) is 0 Å². The lowest BCUT2D eigenvalue weighted by Gasteiger charge is -2.47. The molecule has 0 bridgehead atoms. The zero-order valence-corrected chi connectivity index (χ0v) is 12.2. The minimum atomic E-state index is -0.167. The largest absolute Gasteiger partial charge is 0.493 e. The van der Waals surface area contributed by atoms with E-state index >= 15 is 0 Å². The Kier molecular flexibility index (Phi) is 3.83. The Morgan fingerprint density at radius 2 is 1.79 bits per heavy atom. The van der Waals surface area contributed by atoms with Crippen molar-refractivity contribution in [3.8, 4) is 11.5 Å². The summed E-state index contributed by atoms with van der Waals surface area (Å²) < 4.78 is 10.6. The summed E-state index contributed by atoms with van der Waals surface area (Å²) in [6.45, 7) is 4.21. The summed E-state index contributed by atoms with van der Waals surface area (Å²) in [5, 5.41) is 0. The van der Waals surface area contributed by atoms with Crippen LogP contribution in [0.2, 0.25) is 0 Å². The fourth-order valence-corrected chi connectivity index (χ4v) is 3.29. The summed E-state index contributed by atoms with van der Waals surface area (Å²) >= 11 is 0. The summed E-state index contributed by atoms with van der Waals surface area (Å²) in [5.41, 5.74) is 1.01. The van der Waals surface area contributed by atoms with Crippen LogP contribution in [0, 0.1) is 5.41 Å². The van der Waals surface area contributed by atoms with Crippen molar-refractivity contribution < 1.29 is 14.3 Å². The van der Waals surface area contributed by atoms with Gasteiger partial charge in [-0.1, -0.05) is 19.9 Å². The second-order valence-electron chi connectivity index (χ2n) is 5.16. The van der Waals surface area contributed by atoms with Gasteiger partial charge in [-0.05, 0) is 30.5 Å². The van der Waals surface area contributed by atoms with E-state index in [0.29, 0.717) is 18.1 Å². The molecule has 0 aliphatic heterocycles. The van der Waals surface area contributed by atoms with E-state index in [1.165, 1.54) is 5.56 Å². The first-order chi connectivity index (χ1) is 9.12. The third-order valence-corrected chi connectivity index (χ3v) is 4.68. The van der Waals surface area contributed by atoms with E-state index in [1.54, 1.807) is 14.2 Å². The number of hydrogen-bond donors (Lipinski definition) is 0. The molecule has 3 heteroatoms. The van der Waals surface area contributed by atoms with Gasteiger partial charge in [0, 0.05) is 17.8 Å². The van der Waals surface area contributed by atoms with Crippen molar-refractivity contribution >= 4 is 5.78 Å². The van der Waals surface area contributed by atoms with E-state index < -0.39 is 0 Å². The number of benzene rings is 1. The van der Waals surface area contributed by atoms with Crippen LogP contribution >= 0.6 is 0 Å². The van der Waals surface area contributed by atoms with Gasteiger partial charge in [0.25, 0.3) is 0 Å². The zero-order chi connectivity index (χ0) is 14.0. The van der Waals surface area contributed by atoms with Crippen LogP contribution in [-0.4, -0.2) is 20.0 Å². The smallest absolute Gasteiger partial charge is 0.160 e. The molecule has 1 atom stereocenters. The highest BCUT2D eigenvalue weighted by atomic mass is 16.5. The number of Topliss-reactive ketones (excluding diaryl/α,β-unsaturated/α-hetero) is 1. The van der Waals surface area contributed by atoms with E-state index in [4.69, 9.17) is 9.47 Å². The first-order valence-electron chi connectivity index (χ1n) is 6.88. The van der Waals surface area contributed by atoms with Gasteiger partial charge < -0.3 is 9.47 Å². The third-order valence-electron chi connectivity index (χ3n) is 4.68. The molecule has 0 amide bonds. The maximum Gasteiger partial charge on any atom is 0.160 e. The van der Waals surface area contributed by atoms with Gasteiger partial charge in [0.2, 0.25) is 0 Å². The molecule has 3 nitrogen and oxygen atoms in total. The molecule has 0 N–H and O–H groups in total. The van der Waals surface area contributed by atoms with Crippen LogP contribution in [-0.2, 0) is 4.79 Å². The zero-order valence-electron chi connectivity index (χ0n) is 12.2. The van der Waals surface area contributed by atoms with Crippen molar-refractivity contribution in [1.82, 2.24) is 0 Å². The molecule has 1 aliphatic carbocycles. The number of methoxy groups -OCH3 is 2. The first-order valence-corrected chi connectivity index (χ1v) is 6.88. The first kappa shape index (κ1) is 13.9. The second kappa shape index (κ2) is 5.24. The molecule has 104 valence electrons. The van der Waals surface area contributed by atoms with Crippen LogP contribution in [0.1, 0.15) is 44.6 Å². The van der Waals surface area contributed by atoms with Gasteiger partial charge in [-0.25, -0.2) is 0 Å². The monoisotopic (exact) mass is 262 g/mol. The molecule has 2 rings (SSSR count). The summed E-state index contributed by atoms with van der Waals surface area (Å²) in [6.07, 6.45) is 2.46. The van der Waals surface area contributed by atoms with Gasteiger partial charge in [0.1, 0.15) is 5.78 Å². The molecule has 1 aromatic rings. The van der Waals surface area contributed by atoms with Gasteiger partial charge in [-0.15, -0.1) is 0 Å². The number of rotatable bonds is 5. The quantitative estimate of drug-likeness (QED) is 0.813. The standard InChI is InChI=1S/C16H22O3/c1-5-16(6-2)12(10-15(16)17)11-7-8-13(18-3)14(9-11)19-4/h7-9,12H,5-6,10H2,1-4H3. The predicted octanol–water partition coefficient (Wildman–Crippen LogP) is 3.57. The fourth-order valence-electron chi connectivity index (χ4n) is 3.29. The molecule has 1 unspecified atom stereocenters. The number of carbonyl (C=O) groups excluding carboxylic acids is 1. The van der Waals surface area contributed by atoms with Crippen molar-refractivity contribution in [2.75, 3.05) is 14.2 Å². The molecular weight excluding hydrogens is 240 g/mol. The Hall–Kier alpha value is -1.51. The molecule has 0 saturated heterocycles. The van der Waals surface area contributed by atoms with E-state index in [2.05, 4.69) is 19.9 Å². The lowest BCUT2D eigenvalue weighted by atomic mass is 9.54. The highest BCUT2D eigenvalue weighted by molar-refractivity contribution is 5.93. The molecule has 0 spiro atoms. The molecule has 19 heavy (non-hydrogen) atoms. The topological polar surface area (TPSA) is 35.5 Å². The van der Waals surface area contributed by atoms with Crippen LogP contribution in [0.5, 0.6) is 11.5 Å². The third kappa shape index (κ3) is 2.01. The van der Waals surface area contributed by atoms with Crippen LogP contribution in [0.25, 0.3) is 0 Å². The number of ketones is 1. The summed E-state index contributed by atoms with van der Waals surface area (Å²) in [6, 6.07) is 5.99. The highest BCUT2D eigenvalue weighted by Gasteiger charge is 2.52. The van der Waals surface area contributed by atoms with Gasteiger partial charge in [-0.3, -0.25) is 4.79 Å². The SMILES string of the molecule is CCC1(CC)C(=O)CC1c1ccc(OC)c(OC)c1. The van der Waals surface area contributed by atoms with E-state index in [9.17, 15) is 4.79 Å². The number of carbonyl (C=O) groups is 1. The summed E-state index contributed by atoms with van der Waals surface area (Å²) in [4.78, 5) is 12.0. The normalized spacial score (nSPS) is 20.8. The minimum absolute atomic E-state index is 0.167. The minimum Gasteiger partial charge on any atom is -0.493 e. The van der Waals surface area contributed by atoms with Crippen molar-refractivity contribution in [2.24, 2.45) is 5.41 Å². The number of hydrogen-bond acceptors (Lipinski definition) is 3. The lowest BCUT2D eigenvalue weighted by molar-refractivity contribution is -0.141. The van der Waals surface area contributed by atoms with Crippen LogP contribution in [0.3, 0.4) is 0 Å². The Morgan fingerprint density at radius 3 is 2.26 bits per heavy atom. The van der Waals surface area contributed by atoms with Gasteiger partial charge in [-0.2, -0.15) is 0 Å². The average Bonchev–Trinajstić information content (AvgIpc) is 2.45. The van der Waals surface area contributed by atoms with Gasteiger partial charge in [0.05, 0.1) is 14.2 Å². The van der Waals surface area contributed by atoms with Crippen molar-refractivity contribution in [3.63, 3.8) is 0 Å². The Balaban J connectivity index is 2.35. The fraction of sp³-hybridized carbons (Fsp3) is 0.562. The molecule has 0 radical (unpaired) electrons. The number of ether oxygens (including phenoxy) is 2. The molecule has 1 aliphatic rings. The van der Waals surface area contributed by atoms with Crippen LogP contribution < -0.4 is 9.47 Å². The molecule has 1 fully saturated rings. The Morgan fingerprint density at radius 1 is 1.16 bits per heavy atom. The van der Waals surface area contributed by atoms with E-state index in [0.717, 1.165) is 24.3 Å². The van der Waals surface area contributed by atoms with Crippen molar-refractivity contribution in [2.45, 2.75) is 39.0 Å². The van der Waals surface area contributed by atoms with E-state index in [-0.39, 0.29) is 5.41 Å². The average molecular weight is 262 g/mol. The summed E-state index contributed by atoms with van der Waals surface area (Å²) in [5.74, 6) is 2.18. The molecule has 0 heterocycles. The van der Waals surface area contributed by atoms with Crippen molar-refractivity contribution in [3.05, 3.63) is 23.8 Å². The molecular formula is C16H22O3. The van der Waals surface area contributed by atoms with Gasteiger partial charge >= 0.3 is 0 Å². The maximum atomic E-state index is 12.0. The van der Waals surface area contributed by atoms with Gasteiger partial charge in [0.15, 0.2) is 11.5 Å². The van der Waals surface area contributed by atoms with E-state index in [1.807, 2.05) is 12.1 Å². The molecule has 0 aromatic heterocycles. The molecule has 1 aromatic carbocycles. The molecule has 1 saturated carbocycles. The van der Waals surface area contributed by atoms with Crippen LogP contribution in [0.15, 0.2) is 18.2 Å². The lowest BCUT2D eigenvalue weighted by Crippen LogP contribution is -2.47.